The molecule has 0 amide bonds. The second-order valence-electron chi connectivity index (χ2n) is 14.0. The van der Waals surface area contributed by atoms with Crippen molar-refractivity contribution in [1.82, 2.24) is 30.2 Å². The molecule has 1 atom stereocenters. The van der Waals surface area contributed by atoms with Gasteiger partial charge in [0.15, 0.2) is 8.32 Å². The molecule has 0 radical (unpaired) electrons. The summed E-state index contributed by atoms with van der Waals surface area (Å²) in [7, 11) is 0.113. The number of phenolic OH excluding ortho intramolecular Hbond substituents is 1. The molecule has 1 fully saturated rings. The number of aryl methyl sites for hydroxylation is 1. The fraction of sp³-hybridized carbons (Fsp3) is 0.559. The lowest BCUT2D eigenvalue weighted by atomic mass is 9.94. The molecule has 44 heavy (non-hydrogen) atoms. The zero-order valence-electron chi connectivity index (χ0n) is 27.3. The van der Waals surface area contributed by atoms with E-state index in [-0.39, 0.29) is 22.5 Å². The summed E-state index contributed by atoms with van der Waals surface area (Å²) in [6.45, 7) is 14.4. The first-order valence-electron chi connectivity index (χ1n) is 16.2. The van der Waals surface area contributed by atoms with Gasteiger partial charge in [-0.3, -0.25) is 4.79 Å². The molecule has 0 saturated heterocycles. The largest absolute Gasteiger partial charge is 0.506 e. The smallest absolute Gasteiger partial charge is 0.248 e. The third kappa shape index (κ3) is 7.42. The van der Waals surface area contributed by atoms with Crippen molar-refractivity contribution in [1.29, 1.82) is 0 Å². The maximum absolute atomic E-state index is 12.0. The van der Waals surface area contributed by atoms with Gasteiger partial charge in [0.1, 0.15) is 11.3 Å². The summed E-state index contributed by atoms with van der Waals surface area (Å²) >= 11 is 0. The van der Waals surface area contributed by atoms with Crippen LogP contribution in [-0.2, 0) is 17.5 Å². The molecule has 1 aliphatic rings. The number of aromatic nitrogens is 4. The minimum atomic E-state index is -2.15. The monoisotopic (exact) mass is 618 g/mol. The van der Waals surface area contributed by atoms with Crippen LogP contribution >= 0.6 is 0 Å². The molecule has 0 spiro atoms. The van der Waals surface area contributed by atoms with Crippen molar-refractivity contribution in [2.24, 2.45) is 0 Å². The average molecular weight is 619 g/mol. The van der Waals surface area contributed by atoms with Crippen LogP contribution in [0.3, 0.4) is 0 Å². The summed E-state index contributed by atoms with van der Waals surface area (Å²) in [5, 5.41) is 23.8. The van der Waals surface area contributed by atoms with Crippen LogP contribution in [0.2, 0.25) is 18.1 Å². The first kappa shape index (κ1) is 32.3. The number of phenols is 1. The molecule has 3 N–H and O–H groups in total. The summed E-state index contributed by atoms with van der Waals surface area (Å²) in [6, 6.07) is 13.9. The number of aromatic amines is 1. The lowest BCUT2D eigenvalue weighted by Gasteiger charge is -2.39. The van der Waals surface area contributed by atoms with E-state index in [1.807, 2.05) is 10.7 Å². The number of fused-ring (bicyclic) bond motifs is 2. The topological polar surface area (TPSA) is 108 Å². The van der Waals surface area contributed by atoms with Crippen LogP contribution in [0.15, 0.2) is 47.3 Å². The maximum atomic E-state index is 12.0. The zero-order valence-corrected chi connectivity index (χ0v) is 28.3. The summed E-state index contributed by atoms with van der Waals surface area (Å²) in [5.41, 5.74) is 4.24. The Bertz CT molecular complexity index is 1620. The second kappa shape index (κ2) is 13.5. The molecule has 10 heteroatoms. The number of H-pyrrole nitrogens is 1. The van der Waals surface area contributed by atoms with Gasteiger partial charge in [-0.2, -0.15) is 0 Å². The first-order chi connectivity index (χ1) is 20.9. The summed E-state index contributed by atoms with van der Waals surface area (Å²) in [4.78, 5) is 17.3. The third-order valence-electron chi connectivity index (χ3n) is 9.81. The molecule has 0 aliphatic heterocycles. The van der Waals surface area contributed by atoms with E-state index >= 15 is 0 Å². The van der Waals surface area contributed by atoms with E-state index in [4.69, 9.17) is 4.43 Å². The van der Waals surface area contributed by atoms with E-state index in [1.54, 1.807) is 12.1 Å². The van der Waals surface area contributed by atoms with Gasteiger partial charge >= 0.3 is 0 Å². The van der Waals surface area contributed by atoms with Crippen molar-refractivity contribution in [3.8, 4) is 5.75 Å². The van der Waals surface area contributed by atoms with Crippen molar-refractivity contribution in [2.45, 2.75) is 103 Å². The van der Waals surface area contributed by atoms with Gasteiger partial charge < -0.3 is 24.7 Å². The Morgan fingerprint density at radius 3 is 2.66 bits per heavy atom. The molecule has 1 saturated carbocycles. The molecule has 1 aliphatic carbocycles. The number of hydrogen-bond donors (Lipinski definition) is 3. The van der Waals surface area contributed by atoms with E-state index in [0.29, 0.717) is 18.6 Å². The van der Waals surface area contributed by atoms with E-state index in [0.717, 1.165) is 53.1 Å². The minimum Gasteiger partial charge on any atom is -0.506 e. The SMILES string of the molecule is CN(CCCn1nnc2cc(CNC[C@@H](O[Si](C)(C)C(C)(C)C)c3ccc(O)c4[nH]c(=O)ccc34)ccc21)C1CCCCC1. The Labute approximate surface area is 262 Å². The first-order valence-corrected chi connectivity index (χ1v) is 19.1. The van der Waals surface area contributed by atoms with Crippen LogP contribution in [0, 0.1) is 0 Å². The highest BCUT2D eigenvalue weighted by Gasteiger charge is 2.39. The van der Waals surface area contributed by atoms with E-state index < -0.39 is 8.32 Å². The van der Waals surface area contributed by atoms with Crippen LogP contribution in [0.4, 0.5) is 0 Å². The maximum Gasteiger partial charge on any atom is 0.248 e. The van der Waals surface area contributed by atoms with Gasteiger partial charge in [-0.15, -0.1) is 5.10 Å². The molecule has 2 heterocycles. The predicted molar refractivity (Wildman–Crippen MR) is 181 cm³/mol. The predicted octanol–water partition coefficient (Wildman–Crippen LogP) is 6.49. The number of benzene rings is 2. The van der Waals surface area contributed by atoms with Crippen molar-refractivity contribution in [3.63, 3.8) is 0 Å². The third-order valence-corrected chi connectivity index (χ3v) is 14.3. The minimum absolute atomic E-state index is 0.0223. The highest BCUT2D eigenvalue weighted by molar-refractivity contribution is 6.74. The molecule has 9 nitrogen and oxygen atoms in total. The lowest BCUT2D eigenvalue weighted by molar-refractivity contribution is 0.181. The van der Waals surface area contributed by atoms with Crippen molar-refractivity contribution in [3.05, 3.63) is 63.9 Å². The van der Waals surface area contributed by atoms with E-state index in [1.165, 1.54) is 38.2 Å². The summed E-state index contributed by atoms with van der Waals surface area (Å²) in [5.74, 6) is 0.0538. The molecule has 0 unspecified atom stereocenters. The summed E-state index contributed by atoms with van der Waals surface area (Å²) in [6.07, 6.45) is 7.56. The standard InChI is InChI=1S/C34H50N6O3Si/c1-34(2,3)44(5,6)43-31(26-14-17-30(41)33-27(26)15-18-32(42)36-33)23-35-22-24-13-16-29-28(21-24)37-38-40(29)20-10-19-39(4)25-11-8-7-9-12-25/h13-18,21,25,31,35,41H,7-12,19-20,22-23H2,1-6H3,(H,36,42)/t31-/m1/s1. The average Bonchev–Trinajstić information content (AvgIpc) is 3.39. The number of aromatic hydroxyl groups is 1. The van der Waals surface area contributed by atoms with Crippen LogP contribution in [-0.4, -0.2) is 64.5 Å². The Balaban J connectivity index is 1.26. The fourth-order valence-corrected chi connectivity index (χ4v) is 7.38. The highest BCUT2D eigenvalue weighted by Crippen LogP contribution is 2.41. The van der Waals surface area contributed by atoms with Crippen molar-refractivity contribution in [2.75, 3.05) is 20.1 Å². The van der Waals surface area contributed by atoms with Crippen LogP contribution in [0.1, 0.15) is 76.5 Å². The quantitative estimate of drug-likeness (QED) is 0.156. The van der Waals surface area contributed by atoms with Crippen molar-refractivity contribution < 1.29 is 9.53 Å². The number of hydrogen-bond acceptors (Lipinski definition) is 7. The van der Waals surface area contributed by atoms with Crippen molar-refractivity contribution >= 4 is 30.3 Å². The normalized spacial score (nSPS) is 15.9. The number of nitrogens with one attached hydrogen (secondary N) is 2. The van der Waals surface area contributed by atoms with Gasteiger partial charge in [0, 0.05) is 37.1 Å². The lowest BCUT2D eigenvalue weighted by Crippen LogP contribution is -2.43. The van der Waals surface area contributed by atoms with Gasteiger partial charge in [-0.1, -0.05) is 57.4 Å². The Morgan fingerprint density at radius 2 is 1.91 bits per heavy atom. The fourth-order valence-electron chi connectivity index (χ4n) is 6.10. The number of rotatable bonds is 12. The van der Waals surface area contributed by atoms with Crippen LogP contribution in [0.25, 0.3) is 21.9 Å². The molecule has 2 aromatic carbocycles. The molecule has 0 bridgehead atoms. The van der Waals surface area contributed by atoms with Gasteiger partial charge in [0.05, 0.1) is 17.1 Å². The Morgan fingerprint density at radius 1 is 1.14 bits per heavy atom. The molecule has 238 valence electrons. The van der Waals surface area contributed by atoms with E-state index in [9.17, 15) is 9.90 Å². The molecular formula is C34H50N6O3Si. The molecule has 4 aromatic rings. The molecule has 2 aromatic heterocycles. The van der Waals surface area contributed by atoms with Crippen LogP contribution in [0.5, 0.6) is 5.75 Å². The zero-order chi connectivity index (χ0) is 31.5. The Hall–Kier alpha value is -3.05. The highest BCUT2D eigenvalue weighted by atomic mass is 28.4. The van der Waals surface area contributed by atoms with E-state index in [2.05, 4.69) is 84.6 Å². The Kier molecular flexibility index (Phi) is 9.94. The second-order valence-corrected chi connectivity index (χ2v) is 18.8. The van der Waals surface area contributed by atoms with Gasteiger partial charge in [-0.05, 0) is 86.4 Å². The van der Waals surface area contributed by atoms with Crippen LogP contribution < -0.4 is 10.9 Å². The van der Waals surface area contributed by atoms with Gasteiger partial charge in [-0.25, -0.2) is 4.68 Å². The molecular weight excluding hydrogens is 568 g/mol. The summed E-state index contributed by atoms with van der Waals surface area (Å²) < 4.78 is 8.98. The van der Waals surface area contributed by atoms with Gasteiger partial charge in [0.25, 0.3) is 0 Å². The number of pyridine rings is 1. The number of nitrogens with zero attached hydrogens (tertiary/aromatic N) is 4. The molecule has 5 rings (SSSR count). The van der Waals surface area contributed by atoms with Gasteiger partial charge in [0.2, 0.25) is 5.56 Å².